The van der Waals surface area contributed by atoms with Gasteiger partial charge in [0, 0.05) is 12.0 Å². The van der Waals surface area contributed by atoms with Gasteiger partial charge in [-0.25, -0.2) is 4.39 Å². The summed E-state index contributed by atoms with van der Waals surface area (Å²) in [4.78, 5) is 11.8. The van der Waals surface area contributed by atoms with Gasteiger partial charge in [0.05, 0.1) is 0 Å². The molecule has 0 N–H and O–H groups in total. The predicted molar refractivity (Wildman–Crippen MR) is 74.3 cm³/mol. The van der Waals surface area contributed by atoms with E-state index in [0.717, 1.165) is 11.1 Å². The number of Topliss-reactive ketones (excluding diaryl/α,β-unsaturated/α-hetero) is 1. The molecule has 0 unspecified atom stereocenters. The Morgan fingerprint density at radius 1 is 1.05 bits per heavy atom. The van der Waals surface area contributed by atoms with Crippen LogP contribution in [-0.2, 0) is 0 Å². The molecular formula is C17H15FO. The highest BCUT2D eigenvalue weighted by atomic mass is 19.1. The van der Waals surface area contributed by atoms with Crippen molar-refractivity contribution in [2.24, 2.45) is 0 Å². The fourth-order valence-electron chi connectivity index (χ4n) is 1.80. The first kappa shape index (κ1) is 13.5. The molecule has 0 fully saturated rings. The number of benzene rings is 2. The molecule has 0 saturated carbocycles. The summed E-state index contributed by atoms with van der Waals surface area (Å²) < 4.78 is 12.7. The lowest BCUT2D eigenvalue weighted by Crippen LogP contribution is -1.99. The lowest BCUT2D eigenvalue weighted by atomic mass is 10.0. The Morgan fingerprint density at radius 2 is 1.68 bits per heavy atom. The first-order chi connectivity index (χ1) is 9.15. The molecule has 0 aliphatic heterocycles. The minimum atomic E-state index is -0.323. The van der Waals surface area contributed by atoms with Gasteiger partial charge >= 0.3 is 0 Å². The number of carbonyl (C=O) groups excluding carboxylic acids is 1. The number of hydrogen-bond acceptors (Lipinski definition) is 1. The van der Waals surface area contributed by atoms with Crippen LogP contribution in [-0.4, -0.2) is 5.78 Å². The number of rotatable bonds is 5. The molecule has 0 spiro atoms. The maximum Gasteiger partial charge on any atom is 0.162 e. The fraction of sp³-hybridized carbons (Fsp3) is 0.118. The van der Waals surface area contributed by atoms with Crippen molar-refractivity contribution in [1.29, 1.82) is 0 Å². The van der Waals surface area contributed by atoms with Crippen LogP contribution in [0.15, 0.2) is 48.5 Å². The maximum absolute atomic E-state index is 12.7. The molecule has 2 radical (unpaired) electrons. The van der Waals surface area contributed by atoms with Crippen LogP contribution in [0, 0.1) is 19.2 Å². The first-order valence-electron chi connectivity index (χ1n) is 6.19. The maximum atomic E-state index is 12.7. The van der Waals surface area contributed by atoms with E-state index in [2.05, 4.69) is 6.92 Å². The molecular weight excluding hydrogens is 239 g/mol. The van der Waals surface area contributed by atoms with E-state index in [1.165, 1.54) is 24.3 Å². The summed E-state index contributed by atoms with van der Waals surface area (Å²) in [7, 11) is 0. The third-order valence-corrected chi connectivity index (χ3v) is 2.90. The molecule has 2 rings (SSSR count). The number of hydrogen-bond donors (Lipinski definition) is 0. The van der Waals surface area contributed by atoms with E-state index in [1.54, 1.807) is 0 Å². The van der Waals surface area contributed by atoms with Gasteiger partial charge in [-0.2, -0.15) is 0 Å². The van der Waals surface area contributed by atoms with Gasteiger partial charge < -0.3 is 0 Å². The Morgan fingerprint density at radius 3 is 2.32 bits per heavy atom. The van der Waals surface area contributed by atoms with Crippen molar-refractivity contribution in [1.82, 2.24) is 0 Å². The average molecular weight is 254 g/mol. The summed E-state index contributed by atoms with van der Waals surface area (Å²) in [5, 5.41) is 0. The molecule has 0 atom stereocenters. The molecule has 96 valence electrons. The molecule has 0 saturated heterocycles. The molecule has 0 amide bonds. The molecule has 0 aliphatic carbocycles. The zero-order valence-corrected chi connectivity index (χ0v) is 10.6. The topological polar surface area (TPSA) is 17.1 Å². The molecule has 0 aromatic heterocycles. The normalized spacial score (nSPS) is 10.4. The van der Waals surface area contributed by atoms with E-state index in [4.69, 9.17) is 0 Å². The van der Waals surface area contributed by atoms with Gasteiger partial charge in [0.15, 0.2) is 5.78 Å². The SMILES string of the molecule is [CH2]c1ccc([CH]CCC(=O)c2ccc(F)cc2)cc1. The Balaban J connectivity index is 1.84. The highest BCUT2D eigenvalue weighted by Crippen LogP contribution is 2.12. The van der Waals surface area contributed by atoms with Crippen LogP contribution >= 0.6 is 0 Å². The van der Waals surface area contributed by atoms with Crippen LogP contribution in [0.2, 0.25) is 0 Å². The van der Waals surface area contributed by atoms with Gasteiger partial charge in [0.25, 0.3) is 0 Å². The van der Waals surface area contributed by atoms with Crippen molar-refractivity contribution >= 4 is 5.78 Å². The van der Waals surface area contributed by atoms with E-state index in [1.807, 2.05) is 30.7 Å². The van der Waals surface area contributed by atoms with E-state index in [9.17, 15) is 9.18 Å². The van der Waals surface area contributed by atoms with Crippen LogP contribution in [0.4, 0.5) is 4.39 Å². The molecule has 0 aliphatic rings. The van der Waals surface area contributed by atoms with Gasteiger partial charge in [0.2, 0.25) is 0 Å². The summed E-state index contributed by atoms with van der Waals surface area (Å²) in [6.45, 7) is 3.82. The summed E-state index contributed by atoms with van der Waals surface area (Å²) in [5.41, 5.74) is 2.61. The molecule has 0 bridgehead atoms. The van der Waals surface area contributed by atoms with E-state index >= 15 is 0 Å². The van der Waals surface area contributed by atoms with Crippen molar-refractivity contribution in [3.8, 4) is 0 Å². The van der Waals surface area contributed by atoms with Crippen molar-refractivity contribution in [3.63, 3.8) is 0 Å². The van der Waals surface area contributed by atoms with Gasteiger partial charge in [0.1, 0.15) is 5.82 Å². The molecule has 2 heteroatoms. The Hall–Kier alpha value is -1.96. The van der Waals surface area contributed by atoms with Gasteiger partial charge in [-0.3, -0.25) is 4.79 Å². The second kappa shape index (κ2) is 6.28. The van der Waals surface area contributed by atoms with E-state index < -0.39 is 0 Å². The summed E-state index contributed by atoms with van der Waals surface area (Å²) in [6, 6.07) is 13.5. The minimum absolute atomic E-state index is 0.0324. The third-order valence-electron chi connectivity index (χ3n) is 2.90. The first-order valence-corrected chi connectivity index (χ1v) is 6.19. The summed E-state index contributed by atoms with van der Waals surface area (Å²) in [6.07, 6.45) is 3.12. The van der Waals surface area contributed by atoms with Gasteiger partial charge in [-0.1, -0.05) is 24.3 Å². The van der Waals surface area contributed by atoms with Crippen LogP contribution in [0.25, 0.3) is 0 Å². The van der Waals surface area contributed by atoms with Gasteiger partial charge in [-0.05, 0) is 55.2 Å². The standard InChI is InChI=1S/C17H15FO/c1-13-5-7-14(8-6-13)3-2-4-17(19)15-9-11-16(18)12-10-15/h3,5-12H,1-2,4H2. The molecule has 2 aromatic carbocycles. The minimum Gasteiger partial charge on any atom is -0.294 e. The van der Waals surface area contributed by atoms with Crippen LogP contribution in [0.3, 0.4) is 0 Å². The Bertz CT molecular complexity index is 540. The summed E-state index contributed by atoms with van der Waals surface area (Å²) in [5.74, 6) is -0.290. The van der Waals surface area contributed by atoms with E-state index in [0.29, 0.717) is 18.4 Å². The largest absolute Gasteiger partial charge is 0.294 e. The molecule has 0 heterocycles. The quantitative estimate of drug-likeness (QED) is 0.730. The average Bonchev–Trinajstić information content (AvgIpc) is 2.41. The Kier molecular flexibility index (Phi) is 4.45. The zero-order chi connectivity index (χ0) is 13.7. The zero-order valence-electron chi connectivity index (χ0n) is 10.6. The number of ketones is 1. The molecule has 19 heavy (non-hydrogen) atoms. The lowest BCUT2D eigenvalue weighted by molar-refractivity contribution is 0.0983. The smallest absolute Gasteiger partial charge is 0.162 e. The molecule has 2 aromatic rings. The van der Waals surface area contributed by atoms with Crippen LogP contribution in [0.5, 0.6) is 0 Å². The number of halogens is 1. The van der Waals surface area contributed by atoms with Gasteiger partial charge in [-0.15, -0.1) is 0 Å². The third kappa shape index (κ3) is 4.02. The highest BCUT2D eigenvalue weighted by molar-refractivity contribution is 5.96. The van der Waals surface area contributed by atoms with Crippen molar-refractivity contribution in [3.05, 3.63) is 84.4 Å². The van der Waals surface area contributed by atoms with Crippen molar-refractivity contribution < 1.29 is 9.18 Å². The van der Waals surface area contributed by atoms with Crippen molar-refractivity contribution in [2.75, 3.05) is 0 Å². The second-order valence-electron chi connectivity index (χ2n) is 4.41. The number of carbonyl (C=O) groups is 1. The van der Waals surface area contributed by atoms with Crippen LogP contribution < -0.4 is 0 Å². The Labute approximate surface area is 113 Å². The van der Waals surface area contributed by atoms with E-state index in [-0.39, 0.29) is 11.6 Å². The van der Waals surface area contributed by atoms with Crippen LogP contribution in [0.1, 0.15) is 34.3 Å². The lowest BCUT2D eigenvalue weighted by Gasteiger charge is -2.02. The second-order valence-corrected chi connectivity index (χ2v) is 4.41. The predicted octanol–water partition coefficient (Wildman–Crippen LogP) is 4.22. The van der Waals surface area contributed by atoms with Crippen molar-refractivity contribution in [2.45, 2.75) is 12.8 Å². The highest BCUT2D eigenvalue weighted by Gasteiger charge is 2.05. The monoisotopic (exact) mass is 254 g/mol. The molecule has 1 nitrogen and oxygen atoms in total. The summed E-state index contributed by atoms with van der Waals surface area (Å²) >= 11 is 0. The fourth-order valence-corrected chi connectivity index (χ4v) is 1.80.